The third kappa shape index (κ3) is 3.60. The first-order chi connectivity index (χ1) is 14.2. The Balaban J connectivity index is 1.90. The van der Waals surface area contributed by atoms with Crippen LogP contribution < -0.4 is 4.90 Å². The smallest absolute Gasteiger partial charge is 0.232 e. The molecule has 2 aromatic rings. The fourth-order valence-electron chi connectivity index (χ4n) is 4.80. The molecule has 2 aliphatic rings. The van der Waals surface area contributed by atoms with E-state index in [2.05, 4.69) is 45.0 Å². The number of allylic oxidation sites excluding steroid dienone is 2. The molecule has 1 aliphatic carbocycles. The Morgan fingerprint density at radius 2 is 1.77 bits per heavy atom. The summed E-state index contributed by atoms with van der Waals surface area (Å²) < 4.78 is 0. The molecule has 156 valence electrons. The highest BCUT2D eigenvalue weighted by atomic mass is 35.5. The second-order valence-electron chi connectivity index (χ2n) is 9.27. The molecular weight excluding hydrogens is 394 g/mol. The van der Waals surface area contributed by atoms with Crippen LogP contribution in [0.15, 0.2) is 53.7 Å². The molecule has 0 fully saturated rings. The first-order valence-electron chi connectivity index (χ1n) is 10.6. The number of halogens is 1. The highest BCUT2D eigenvalue weighted by Crippen LogP contribution is 2.48. The topological polar surface area (TPSA) is 37.4 Å². The largest absolute Gasteiger partial charge is 0.294 e. The van der Waals surface area contributed by atoms with Gasteiger partial charge >= 0.3 is 0 Å². The summed E-state index contributed by atoms with van der Waals surface area (Å²) >= 11 is 6.37. The van der Waals surface area contributed by atoms with Gasteiger partial charge in [-0.15, -0.1) is 0 Å². The second-order valence-corrected chi connectivity index (χ2v) is 9.67. The van der Waals surface area contributed by atoms with Crippen LogP contribution in [0.2, 0.25) is 5.02 Å². The number of carbonyl (C=O) groups is 2. The van der Waals surface area contributed by atoms with E-state index >= 15 is 0 Å². The quantitative estimate of drug-likeness (QED) is 0.577. The van der Waals surface area contributed by atoms with Crippen molar-refractivity contribution in [1.82, 2.24) is 0 Å². The molecule has 4 rings (SSSR count). The van der Waals surface area contributed by atoms with Gasteiger partial charge in [0.2, 0.25) is 5.91 Å². The van der Waals surface area contributed by atoms with Gasteiger partial charge in [-0.2, -0.15) is 0 Å². The van der Waals surface area contributed by atoms with Gasteiger partial charge in [0.1, 0.15) is 0 Å². The zero-order chi connectivity index (χ0) is 21.6. The number of ketones is 1. The van der Waals surface area contributed by atoms with E-state index < -0.39 is 0 Å². The number of aryl methyl sites for hydroxylation is 1. The van der Waals surface area contributed by atoms with E-state index in [1.807, 2.05) is 25.1 Å². The third-order valence-electron chi connectivity index (χ3n) is 6.41. The average molecular weight is 422 g/mol. The van der Waals surface area contributed by atoms with Gasteiger partial charge in [0.25, 0.3) is 0 Å². The Morgan fingerprint density at radius 3 is 2.43 bits per heavy atom. The van der Waals surface area contributed by atoms with Crippen molar-refractivity contribution in [2.24, 2.45) is 5.41 Å². The van der Waals surface area contributed by atoms with E-state index in [0.717, 1.165) is 34.5 Å². The van der Waals surface area contributed by atoms with Crippen LogP contribution in [0.25, 0.3) is 0 Å². The van der Waals surface area contributed by atoms with Crippen molar-refractivity contribution < 1.29 is 9.59 Å². The lowest BCUT2D eigenvalue weighted by Crippen LogP contribution is -2.44. The summed E-state index contributed by atoms with van der Waals surface area (Å²) in [7, 11) is 0. The number of hydrogen-bond acceptors (Lipinski definition) is 2. The minimum atomic E-state index is -0.186. The zero-order valence-electron chi connectivity index (χ0n) is 18.1. The molecule has 1 amide bonds. The van der Waals surface area contributed by atoms with E-state index in [1.165, 1.54) is 5.56 Å². The molecule has 4 heteroatoms. The molecule has 1 unspecified atom stereocenters. The van der Waals surface area contributed by atoms with E-state index in [9.17, 15) is 9.59 Å². The maximum atomic E-state index is 13.5. The van der Waals surface area contributed by atoms with E-state index in [1.54, 1.807) is 4.90 Å². The highest BCUT2D eigenvalue weighted by molar-refractivity contribution is 6.31. The number of amides is 1. The molecule has 0 N–H and O–H groups in total. The highest BCUT2D eigenvalue weighted by Gasteiger charge is 2.44. The molecule has 0 radical (unpaired) electrons. The first-order valence-corrected chi connectivity index (χ1v) is 11.0. The van der Waals surface area contributed by atoms with Gasteiger partial charge in [-0.1, -0.05) is 62.7 Å². The van der Waals surface area contributed by atoms with Crippen LogP contribution in [-0.4, -0.2) is 11.7 Å². The molecule has 0 saturated carbocycles. The number of carbonyl (C=O) groups excluding carboxylic acids is 2. The van der Waals surface area contributed by atoms with Gasteiger partial charge in [-0.3, -0.25) is 14.5 Å². The van der Waals surface area contributed by atoms with Gasteiger partial charge in [0, 0.05) is 35.1 Å². The fourth-order valence-corrected chi connectivity index (χ4v) is 4.97. The summed E-state index contributed by atoms with van der Waals surface area (Å²) in [5.74, 6) is -0.00469. The first kappa shape index (κ1) is 20.9. The number of benzene rings is 2. The van der Waals surface area contributed by atoms with Crippen LogP contribution in [0.1, 0.15) is 62.6 Å². The SMILES string of the molecule is CCc1ccc(C2CC(=O)N(c3cccc(Cl)c3C)C3=C2C(=O)CC(C)(C)C3)cc1. The molecule has 0 bridgehead atoms. The Morgan fingerprint density at radius 1 is 1.07 bits per heavy atom. The maximum absolute atomic E-state index is 13.5. The lowest BCUT2D eigenvalue weighted by molar-refractivity contribution is -0.121. The molecular formula is C26H28ClNO2. The summed E-state index contributed by atoms with van der Waals surface area (Å²) in [6, 6.07) is 14.0. The normalized spacial score (nSPS) is 21.1. The lowest BCUT2D eigenvalue weighted by atomic mass is 9.69. The van der Waals surface area contributed by atoms with Crippen molar-refractivity contribution in [3.05, 3.63) is 75.4 Å². The van der Waals surface area contributed by atoms with Crippen molar-refractivity contribution in [2.75, 3.05) is 4.90 Å². The molecule has 0 saturated heterocycles. The van der Waals surface area contributed by atoms with Gasteiger partial charge in [-0.25, -0.2) is 0 Å². The van der Waals surface area contributed by atoms with E-state index in [0.29, 0.717) is 24.3 Å². The molecule has 1 heterocycles. The van der Waals surface area contributed by atoms with E-state index in [-0.39, 0.29) is 23.0 Å². The van der Waals surface area contributed by atoms with Crippen LogP contribution >= 0.6 is 11.6 Å². The Labute approximate surface area is 183 Å². The predicted octanol–water partition coefficient (Wildman–Crippen LogP) is 6.37. The standard InChI is InChI=1S/C26H28ClNO2/c1-5-17-9-11-18(12-10-17)19-13-24(30)28(21-8-6-7-20(27)16(21)2)22-14-26(3,4)15-23(29)25(19)22/h6-12,19H,5,13-15H2,1-4H3. The number of Topliss-reactive ketones (excluding diaryl/α,β-unsaturated/α-hetero) is 1. The van der Waals surface area contributed by atoms with Crippen LogP contribution in [0, 0.1) is 12.3 Å². The summed E-state index contributed by atoms with van der Waals surface area (Å²) in [6.07, 6.45) is 2.45. The molecule has 30 heavy (non-hydrogen) atoms. The molecule has 0 spiro atoms. The summed E-state index contributed by atoms with van der Waals surface area (Å²) in [6.45, 7) is 8.25. The van der Waals surface area contributed by atoms with Crippen LogP contribution in [0.4, 0.5) is 5.69 Å². The maximum Gasteiger partial charge on any atom is 0.232 e. The number of anilines is 1. The number of nitrogens with zero attached hydrogens (tertiary/aromatic N) is 1. The molecule has 3 nitrogen and oxygen atoms in total. The molecule has 1 atom stereocenters. The van der Waals surface area contributed by atoms with Crippen molar-refractivity contribution in [2.45, 2.75) is 59.3 Å². The lowest BCUT2D eigenvalue weighted by Gasteiger charge is -2.43. The summed E-state index contributed by atoms with van der Waals surface area (Å²) in [5.41, 5.74) is 5.41. The summed E-state index contributed by atoms with van der Waals surface area (Å²) in [4.78, 5) is 28.6. The van der Waals surface area contributed by atoms with Crippen molar-refractivity contribution in [3.63, 3.8) is 0 Å². The third-order valence-corrected chi connectivity index (χ3v) is 6.82. The summed E-state index contributed by atoms with van der Waals surface area (Å²) in [5, 5.41) is 0.626. The Hall–Kier alpha value is -2.39. The second kappa shape index (κ2) is 7.70. The van der Waals surface area contributed by atoms with Gasteiger partial charge < -0.3 is 0 Å². The minimum Gasteiger partial charge on any atom is -0.294 e. The minimum absolute atomic E-state index is 0.0224. The number of rotatable bonds is 3. The van der Waals surface area contributed by atoms with Gasteiger partial charge in [0.15, 0.2) is 5.78 Å². The van der Waals surface area contributed by atoms with Gasteiger partial charge in [0.05, 0.1) is 5.69 Å². The fraction of sp³-hybridized carbons (Fsp3) is 0.385. The average Bonchev–Trinajstić information content (AvgIpc) is 2.69. The molecule has 2 aromatic carbocycles. The van der Waals surface area contributed by atoms with Gasteiger partial charge in [-0.05, 0) is 54.0 Å². The zero-order valence-corrected chi connectivity index (χ0v) is 18.8. The van der Waals surface area contributed by atoms with Crippen molar-refractivity contribution in [3.8, 4) is 0 Å². The predicted molar refractivity (Wildman–Crippen MR) is 122 cm³/mol. The molecule has 0 aromatic heterocycles. The molecule has 1 aliphatic heterocycles. The van der Waals surface area contributed by atoms with Crippen molar-refractivity contribution >= 4 is 29.0 Å². The van der Waals surface area contributed by atoms with E-state index in [4.69, 9.17) is 11.6 Å². The number of hydrogen-bond donors (Lipinski definition) is 0. The Bertz CT molecular complexity index is 1050. The van der Waals surface area contributed by atoms with Crippen LogP contribution in [0.5, 0.6) is 0 Å². The monoisotopic (exact) mass is 421 g/mol. The van der Waals surface area contributed by atoms with Crippen molar-refractivity contribution in [1.29, 1.82) is 0 Å². The Kier molecular flexibility index (Phi) is 5.36. The van der Waals surface area contributed by atoms with Crippen LogP contribution in [0.3, 0.4) is 0 Å². The van der Waals surface area contributed by atoms with Crippen LogP contribution in [-0.2, 0) is 16.0 Å².